The highest BCUT2D eigenvalue weighted by Crippen LogP contribution is 2.25. The molecular formula is C12H18N4. The lowest BCUT2D eigenvalue weighted by atomic mass is 10.0. The first kappa shape index (κ1) is 10.9. The molecule has 16 heavy (non-hydrogen) atoms. The Morgan fingerprint density at radius 1 is 1.31 bits per heavy atom. The molecule has 3 N–H and O–H groups in total. The van der Waals surface area contributed by atoms with E-state index in [0.29, 0.717) is 0 Å². The van der Waals surface area contributed by atoms with Crippen LogP contribution >= 0.6 is 0 Å². The van der Waals surface area contributed by atoms with E-state index in [1.165, 1.54) is 24.8 Å². The Hall–Kier alpha value is -1.58. The van der Waals surface area contributed by atoms with Crippen molar-refractivity contribution in [3.05, 3.63) is 17.2 Å². The minimum absolute atomic E-state index is 0.873. The number of aryl methyl sites for hydroxylation is 2. The molecule has 4 heteroatoms. The molecule has 2 rings (SSSR count). The summed E-state index contributed by atoms with van der Waals surface area (Å²) in [6, 6.07) is 2.05. The highest BCUT2D eigenvalue weighted by Gasteiger charge is 2.10. The largest absolute Gasteiger partial charge is 0.398 e. The topological polar surface area (TPSA) is 67.6 Å². The first-order valence-corrected chi connectivity index (χ1v) is 5.82. The fourth-order valence-corrected chi connectivity index (χ4v) is 2.00. The van der Waals surface area contributed by atoms with Crippen molar-refractivity contribution < 1.29 is 0 Å². The van der Waals surface area contributed by atoms with Crippen molar-refractivity contribution in [2.75, 3.05) is 5.73 Å². The monoisotopic (exact) mass is 218 g/mol. The molecule has 1 aromatic heterocycles. The van der Waals surface area contributed by atoms with Crippen molar-refractivity contribution in [1.82, 2.24) is 15.4 Å². The third-order valence-corrected chi connectivity index (χ3v) is 3.04. The van der Waals surface area contributed by atoms with Gasteiger partial charge < -0.3 is 5.73 Å². The van der Waals surface area contributed by atoms with Crippen LogP contribution in [-0.4, -0.2) is 15.4 Å². The number of nitrogen functional groups attached to an aromatic ring is 1. The van der Waals surface area contributed by atoms with Crippen molar-refractivity contribution in [3.63, 3.8) is 0 Å². The van der Waals surface area contributed by atoms with Crippen LogP contribution in [-0.2, 0) is 6.42 Å². The summed E-state index contributed by atoms with van der Waals surface area (Å²) in [5.74, 6) is 0. The standard InChI is InChI=1S/C12H18N4/c1-3-4-5-6-9-7-10-12(15-16-14-10)8(2)11(9)13/h7H,3-6,13H2,1-2H3,(H,14,15,16). The van der Waals surface area contributed by atoms with E-state index in [0.717, 1.165) is 28.7 Å². The molecule has 0 fully saturated rings. The molecule has 0 spiro atoms. The molecule has 0 unspecified atom stereocenters. The van der Waals surface area contributed by atoms with E-state index >= 15 is 0 Å². The number of aromatic nitrogens is 3. The molecule has 0 saturated carbocycles. The smallest absolute Gasteiger partial charge is 0.117 e. The van der Waals surface area contributed by atoms with Gasteiger partial charge >= 0.3 is 0 Å². The maximum absolute atomic E-state index is 6.11. The fourth-order valence-electron chi connectivity index (χ4n) is 2.00. The van der Waals surface area contributed by atoms with E-state index in [-0.39, 0.29) is 0 Å². The van der Waals surface area contributed by atoms with Crippen LogP contribution in [0.4, 0.5) is 5.69 Å². The molecule has 0 radical (unpaired) electrons. The van der Waals surface area contributed by atoms with Crippen molar-refractivity contribution in [1.29, 1.82) is 0 Å². The average molecular weight is 218 g/mol. The summed E-state index contributed by atoms with van der Waals surface area (Å²) >= 11 is 0. The normalized spacial score (nSPS) is 11.1. The summed E-state index contributed by atoms with van der Waals surface area (Å²) in [7, 11) is 0. The van der Waals surface area contributed by atoms with Crippen LogP contribution in [0.15, 0.2) is 6.07 Å². The van der Waals surface area contributed by atoms with Gasteiger partial charge in [0.2, 0.25) is 0 Å². The van der Waals surface area contributed by atoms with Crippen molar-refractivity contribution >= 4 is 16.7 Å². The number of nitrogens with one attached hydrogen (secondary N) is 1. The predicted molar refractivity (Wildman–Crippen MR) is 66.3 cm³/mol. The number of aromatic amines is 1. The highest BCUT2D eigenvalue weighted by atomic mass is 15.3. The second-order valence-corrected chi connectivity index (χ2v) is 4.22. The van der Waals surface area contributed by atoms with E-state index in [4.69, 9.17) is 5.73 Å². The Bertz CT molecular complexity index is 487. The van der Waals surface area contributed by atoms with E-state index < -0.39 is 0 Å². The number of unbranched alkanes of at least 4 members (excludes halogenated alkanes) is 2. The lowest BCUT2D eigenvalue weighted by Crippen LogP contribution is -1.98. The van der Waals surface area contributed by atoms with E-state index in [9.17, 15) is 0 Å². The summed E-state index contributed by atoms with van der Waals surface area (Å²) < 4.78 is 0. The molecule has 0 amide bonds. The van der Waals surface area contributed by atoms with Crippen LogP contribution < -0.4 is 5.73 Å². The summed E-state index contributed by atoms with van der Waals surface area (Å²) in [6.45, 7) is 4.21. The molecule has 0 bridgehead atoms. The van der Waals surface area contributed by atoms with Gasteiger partial charge in [-0.3, -0.25) is 0 Å². The lowest BCUT2D eigenvalue weighted by molar-refractivity contribution is 0.718. The van der Waals surface area contributed by atoms with Gasteiger partial charge in [0.15, 0.2) is 0 Å². The van der Waals surface area contributed by atoms with E-state index in [2.05, 4.69) is 28.4 Å². The Morgan fingerprint density at radius 3 is 2.88 bits per heavy atom. The summed E-state index contributed by atoms with van der Waals surface area (Å²) in [6.07, 6.45) is 4.69. The van der Waals surface area contributed by atoms with Crippen molar-refractivity contribution in [2.45, 2.75) is 39.5 Å². The van der Waals surface area contributed by atoms with Crippen LogP contribution in [0.25, 0.3) is 11.0 Å². The SMILES string of the molecule is CCCCCc1cc2n[nH]nc2c(C)c1N. The quantitative estimate of drug-likeness (QED) is 0.612. The number of hydrogen-bond acceptors (Lipinski definition) is 3. The number of nitrogens with zero attached hydrogens (tertiary/aromatic N) is 2. The predicted octanol–water partition coefficient (Wildman–Crippen LogP) is 2.58. The Kier molecular flexibility index (Phi) is 3.08. The lowest BCUT2D eigenvalue weighted by Gasteiger charge is -2.08. The Labute approximate surface area is 95.2 Å². The number of H-pyrrole nitrogens is 1. The molecule has 0 saturated heterocycles. The number of hydrogen-bond donors (Lipinski definition) is 2. The zero-order valence-electron chi connectivity index (χ0n) is 9.88. The summed E-state index contributed by atoms with van der Waals surface area (Å²) in [4.78, 5) is 0. The average Bonchev–Trinajstić information content (AvgIpc) is 2.73. The molecule has 0 aliphatic carbocycles. The highest BCUT2D eigenvalue weighted by molar-refractivity contribution is 5.84. The number of rotatable bonds is 4. The molecule has 0 aliphatic heterocycles. The van der Waals surface area contributed by atoms with E-state index in [1.807, 2.05) is 6.92 Å². The van der Waals surface area contributed by atoms with Gasteiger partial charge in [0, 0.05) is 11.3 Å². The molecule has 1 aromatic carbocycles. The zero-order valence-corrected chi connectivity index (χ0v) is 9.88. The van der Waals surface area contributed by atoms with Crippen molar-refractivity contribution in [2.24, 2.45) is 0 Å². The van der Waals surface area contributed by atoms with Crippen LogP contribution in [0.1, 0.15) is 37.3 Å². The van der Waals surface area contributed by atoms with Gasteiger partial charge in [0.1, 0.15) is 11.0 Å². The number of nitrogens with two attached hydrogens (primary N) is 1. The third kappa shape index (κ3) is 1.87. The molecule has 1 heterocycles. The molecule has 0 atom stereocenters. The molecule has 4 nitrogen and oxygen atoms in total. The third-order valence-electron chi connectivity index (χ3n) is 3.04. The van der Waals surface area contributed by atoms with Gasteiger partial charge in [-0.25, -0.2) is 0 Å². The second kappa shape index (κ2) is 4.51. The van der Waals surface area contributed by atoms with Gasteiger partial charge in [0.25, 0.3) is 0 Å². The first-order valence-electron chi connectivity index (χ1n) is 5.82. The maximum Gasteiger partial charge on any atom is 0.117 e. The second-order valence-electron chi connectivity index (χ2n) is 4.22. The molecule has 0 aliphatic rings. The number of fused-ring (bicyclic) bond motifs is 1. The van der Waals surface area contributed by atoms with Gasteiger partial charge in [0.05, 0.1) is 0 Å². The minimum atomic E-state index is 0.873. The summed E-state index contributed by atoms with van der Waals surface area (Å²) in [5, 5.41) is 10.9. The van der Waals surface area contributed by atoms with Gasteiger partial charge in [-0.2, -0.15) is 15.4 Å². The number of anilines is 1. The fraction of sp³-hybridized carbons (Fsp3) is 0.500. The van der Waals surface area contributed by atoms with Gasteiger partial charge in [-0.15, -0.1) is 0 Å². The first-order chi connectivity index (χ1) is 7.74. The zero-order chi connectivity index (χ0) is 11.5. The number of benzene rings is 1. The summed E-state index contributed by atoms with van der Waals surface area (Å²) in [5.41, 5.74) is 11.0. The van der Waals surface area contributed by atoms with Crippen LogP contribution in [0, 0.1) is 6.92 Å². The Balaban J connectivity index is 2.33. The molecule has 2 aromatic rings. The minimum Gasteiger partial charge on any atom is -0.398 e. The van der Waals surface area contributed by atoms with Gasteiger partial charge in [-0.1, -0.05) is 19.8 Å². The Morgan fingerprint density at radius 2 is 2.12 bits per heavy atom. The van der Waals surface area contributed by atoms with Gasteiger partial charge in [-0.05, 0) is 31.4 Å². The molecule has 86 valence electrons. The molecular weight excluding hydrogens is 200 g/mol. The van der Waals surface area contributed by atoms with E-state index in [1.54, 1.807) is 0 Å². The maximum atomic E-state index is 6.11. The van der Waals surface area contributed by atoms with Crippen molar-refractivity contribution in [3.8, 4) is 0 Å². The van der Waals surface area contributed by atoms with Crippen LogP contribution in [0.3, 0.4) is 0 Å². The van der Waals surface area contributed by atoms with Crippen LogP contribution in [0.5, 0.6) is 0 Å². The van der Waals surface area contributed by atoms with Crippen LogP contribution in [0.2, 0.25) is 0 Å².